The van der Waals surface area contributed by atoms with Gasteiger partial charge in [-0.1, -0.05) is 53.7 Å². The van der Waals surface area contributed by atoms with Crippen LogP contribution < -0.4 is 9.64 Å². The van der Waals surface area contributed by atoms with Crippen molar-refractivity contribution in [2.45, 2.75) is 37.7 Å². The zero-order chi connectivity index (χ0) is 29.2. The fourth-order valence-electron chi connectivity index (χ4n) is 5.49. The van der Waals surface area contributed by atoms with Gasteiger partial charge < -0.3 is 19.1 Å². The Hall–Kier alpha value is -4.18. The van der Waals surface area contributed by atoms with E-state index in [4.69, 9.17) is 9.72 Å². The summed E-state index contributed by atoms with van der Waals surface area (Å²) in [6.45, 7) is 9.51. The number of para-hydroxylation sites is 2. The summed E-state index contributed by atoms with van der Waals surface area (Å²) in [5.74, 6) is 0.646. The number of amides is 1. The van der Waals surface area contributed by atoms with Crippen molar-refractivity contribution < 1.29 is 13.9 Å². The second kappa shape index (κ2) is 12.0. The first kappa shape index (κ1) is 28.0. The molecule has 3 heterocycles. The van der Waals surface area contributed by atoms with Crippen LogP contribution in [0.4, 0.5) is 10.1 Å². The van der Waals surface area contributed by atoms with E-state index in [2.05, 4.69) is 27.2 Å². The number of nitrogens with zero attached hydrogens (tertiary/aromatic N) is 6. The van der Waals surface area contributed by atoms with Crippen molar-refractivity contribution in [1.82, 2.24) is 24.6 Å². The molecule has 0 radical (unpaired) electrons. The van der Waals surface area contributed by atoms with Gasteiger partial charge in [0.05, 0.1) is 29.6 Å². The number of fused-ring (bicyclic) bond motifs is 3. The fourth-order valence-corrected chi connectivity index (χ4v) is 6.28. The molecule has 2 aromatic heterocycles. The van der Waals surface area contributed by atoms with E-state index in [0.717, 1.165) is 41.0 Å². The van der Waals surface area contributed by atoms with E-state index >= 15 is 0 Å². The van der Waals surface area contributed by atoms with E-state index in [9.17, 15) is 9.18 Å². The average molecular weight is 585 g/mol. The molecule has 1 atom stereocenters. The third-order valence-electron chi connectivity index (χ3n) is 7.62. The second-order valence-corrected chi connectivity index (χ2v) is 11.7. The van der Waals surface area contributed by atoms with Crippen molar-refractivity contribution in [2.24, 2.45) is 0 Å². The summed E-state index contributed by atoms with van der Waals surface area (Å²) in [7, 11) is 0. The molecule has 10 heteroatoms. The van der Waals surface area contributed by atoms with Gasteiger partial charge in [0.15, 0.2) is 5.65 Å². The SMILES string of the molecule is CCOc1ccccc1N1CCN(C(=O)C(C)Sc2nnc3c4cc(C)ccc4n(Cc4ccccc4F)c3n2)CC1. The highest BCUT2D eigenvalue weighted by Gasteiger charge is 2.28. The maximum atomic E-state index is 14.6. The summed E-state index contributed by atoms with van der Waals surface area (Å²) in [5.41, 5.74) is 4.91. The molecular weight excluding hydrogens is 551 g/mol. The Morgan fingerprint density at radius 2 is 1.79 bits per heavy atom. The minimum atomic E-state index is -0.391. The normalized spacial score (nSPS) is 14.5. The van der Waals surface area contributed by atoms with Crippen LogP contribution in [0.15, 0.2) is 71.9 Å². The van der Waals surface area contributed by atoms with Gasteiger partial charge in [-0.2, -0.15) is 0 Å². The summed E-state index contributed by atoms with van der Waals surface area (Å²) < 4.78 is 22.4. The minimum Gasteiger partial charge on any atom is -0.492 e. The predicted octanol–water partition coefficient (Wildman–Crippen LogP) is 5.70. The van der Waals surface area contributed by atoms with Crippen molar-refractivity contribution in [3.8, 4) is 5.75 Å². The van der Waals surface area contributed by atoms with Crippen LogP contribution in [0.3, 0.4) is 0 Å². The van der Waals surface area contributed by atoms with Gasteiger partial charge in [0.25, 0.3) is 0 Å². The molecule has 0 bridgehead atoms. The number of ether oxygens (including phenoxy) is 1. The van der Waals surface area contributed by atoms with Crippen LogP contribution in [0.25, 0.3) is 22.1 Å². The quantitative estimate of drug-likeness (QED) is 0.217. The minimum absolute atomic E-state index is 0.0453. The first-order valence-electron chi connectivity index (χ1n) is 14.2. The average Bonchev–Trinajstić information content (AvgIpc) is 3.30. The molecule has 6 rings (SSSR count). The van der Waals surface area contributed by atoms with Crippen molar-refractivity contribution in [1.29, 1.82) is 0 Å². The van der Waals surface area contributed by atoms with Crippen LogP contribution in [-0.4, -0.2) is 68.6 Å². The van der Waals surface area contributed by atoms with Crippen molar-refractivity contribution in [2.75, 3.05) is 37.7 Å². The summed E-state index contributed by atoms with van der Waals surface area (Å²) in [6.07, 6.45) is 0. The number of carbonyl (C=O) groups is 1. The highest BCUT2D eigenvalue weighted by Crippen LogP contribution is 2.32. The maximum absolute atomic E-state index is 14.6. The van der Waals surface area contributed by atoms with Gasteiger partial charge in [-0.25, -0.2) is 9.37 Å². The number of rotatable bonds is 8. The van der Waals surface area contributed by atoms with E-state index in [1.165, 1.54) is 17.8 Å². The number of piperazine rings is 1. The zero-order valence-corrected chi connectivity index (χ0v) is 24.8. The van der Waals surface area contributed by atoms with Gasteiger partial charge in [-0.3, -0.25) is 4.79 Å². The first-order valence-corrected chi connectivity index (χ1v) is 15.1. The van der Waals surface area contributed by atoms with Crippen LogP contribution in [0.1, 0.15) is 25.0 Å². The molecule has 1 fully saturated rings. The second-order valence-electron chi connectivity index (χ2n) is 10.4. The lowest BCUT2D eigenvalue weighted by Crippen LogP contribution is -2.50. The van der Waals surface area contributed by atoms with Crippen molar-refractivity contribution in [3.05, 3.63) is 83.7 Å². The summed E-state index contributed by atoms with van der Waals surface area (Å²) in [6, 6.07) is 20.9. The number of carbonyl (C=O) groups excluding carboxylic acids is 1. The summed E-state index contributed by atoms with van der Waals surface area (Å²) in [4.78, 5) is 22.5. The van der Waals surface area contributed by atoms with Gasteiger partial charge in [0.2, 0.25) is 11.1 Å². The monoisotopic (exact) mass is 584 g/mol. The van der Waals surface area contributed by atoms with Crippen LogP contribution in [0.5, 0.6) is 5.75 Å². The molecule has 0 N–H and O–H groups in total. The fraction of sp³-hybridized carbons (Fsp3) is 0.312. The Bertz CT molecular complexity index is 1750. The molecule has 42 heavy (non-hydrogen) atoms. The van der Waals surface area contributed by atoms with E-state index in [1.807, 2.05) is 66.6 Å². The van der Waals surface area contributed by atoms with E-state index in [-0.39, 0.29) is 11.7 Å². The topological polar surface area (TPSA) is 76.4 Å². The molecule has 216 valence electrons. The Morgan fingerprint density at radius 1 is 1.02 bits per heavy atom. The Labute approximate surface area is 248 Å². The van der Waals surface area contributed by atoms with E-state index in [1.54, 1.807) is 12.1 Å². The molecule has 1 saturated heterocycles. The highest BCUT2D eigenvalue weighted by molar-refractivity contribution is 8.00. The van der Waals surface area contributed by atoms with Crippen LogP contribution in [0.2, 0.25) is 0 Å². The number of aryl methyl sites for hydroxylation is 1. The lowest BCUT2D eigenvalue weighted by molar-refractivity contribution is -0.130. The molecule has 1 unspecified atom stereocenters. The van der Waals surface area contributed by atoms with Crippen LogP contribution in [-0.2, 0) is 11.3 Å². The number of hydrogen-bond acceptors (Lipinski definition) is 7. The molecule has 1 aliphatic heterocycles. The lowest BCUT2D eigenvalue weighted by Gasteiger charge is -2.37. The van der Waals surface area contributed by atoms with E-state index in [0.29, 0.717) is 48.1 Å². The summed E-state index contributed by atoms with van der Waals surface area (Å²) >= 11 is 1.30. The first-order chi connectivity index (χ1) is 20.4. The third-order valence-corrected chi connectivity index (χ3v) is 8.55. The Morgan fingerprint density at radius 3 is 2.57 bits per heavy atom. The highest BCUT2D eigenvalue weighted by atomic mass is 32.2. The van der Waals surface area contributed by atoms with Gasteiger partial charge >= 0.3 is 0 Å². The zero-order valence-electron chi connectivity index (χ0n) is 24.0. The molecule has 1 amide bonds. The van der Waals surface area contributed by atoms with Gasteiger partial charge in [-0.15, -0.1) is 10.2 Å². The third kappa shape index (κ3) is 5.51. The predicted molar refractivity (Wildman–Crippen MR) is 165 cm³/mol. The van der Waals surface area contributed by atoms with Gasteiger partial charge in [0.1, 0.15) is 17.1 Å². The molecule has 0 aliphatic carbocycles. The molecule has 3 aromatic carbocycles. The van der Waals surface area contributed by atoms with E-state index < -0.39 is 5.25 Å². The number of hydrogen-bond donors (Lipinski definition) is 0. The smallest absolute Gasteiger partial charge is 0.236 e. The van der Waals surface area contributed by atoms with Crippen LogP contribution >= 0.6 is 11.8 Å². The summed E-state index contributed by atoms with van der Waals surface area (Å²) in [5, 5.41) is 9.88. The van der Waals surface area contributed by atoms with Crippen molar-refractivity contribution >= 4 is 45.4 Å². The number of aromatic nitrogens is 4. The van der Waals surface area contributed by atoms with Crippen LogP contribution in [0, 0.1) is 12.7 Å². The standard InChI is InChI=1S/C32H33FN6O2S/c1-4-41-28-12-8-7-11-27(28)37-15-17-38(18-16-37)31(40)22(3)42-32-34-30-29(35-36-32)24-19-21(2)13-14-26(24)39(30)20-23-9-5-6-10-25(23)33/h5-14,19,22H,4,15-18,20H2,1-3H3. The number of halogens is 1. The molecule has 0 spiro atoms. The Balaban J connectivity index is 1.20. The number of anilines is 1. The number of benzene rings is 3. The largest absolute Gasteiger partial charge is 0.492 e. The molecule has 5 aromatic rings. The molecule has 1 aliphatic rings. The molecule has 0 saturated carbocycles. The van der Waals surface area contributed by atoms with Gasteiger partial charge in [-0.05, 0) is 51.1 Å². The lowest BCUT2D eigenvalue weighted by atomic mass is 10.1. The molecular formula is C32H33FN6O2S. The van der Waals surface area contributed by atoms with Crippen molar-refractivity contribution in [3.63, 3.8) is 0 Å². The maximum Gasteiger partial charge on any atom is 0.236 e. The molecule has 8 nitrogen and oxygen atoms in total. The van der Waals surface area contributed by atoms with Gasteiger partial charge in [0, 0.05) is 37.1 Å². The number of thioether (sulfide) groups is 1. The Kier molecular flexibility index (Phi) is 7.97.